The average molecular weight is 380 g/mol. The summed E-state index contributed by atoms with van der Waals surface area (Å²) in [6, 6.07) is 4.15. The number of thioether (sulfide) groups is 1. The molecule has 1 saturated heterocycles. The molecule has 0 aromatic heterocycles. The molecule has 9 nitrogen and oxygen atoms in total. The highest BCUT2D eigenvalue weighted by molar-refractivity contribution is 8.18. The Bertz CT molecular complexity index is 804. The molecule has 2 amide bonds. The van der Waals surface area contributed by atoms with Crippen molar-refractivity contribution in [3.8, 4) is 5.75 Å². The lowest BCUT2D eigenvalue weighted by molar-refractivity contribution is -0.385. The molecule has 26 heavy (non-hydrogen) atoms. The Labute approximate surface area is 153 Å². The Morgan fingerprint density at radius 3 is 2.65 bits per heavy atom. The van der Waals surface area contributed by atoms with Crippen molar-refractivity contribution in [3.63, 3.8) is 0 Å². The van der Waals surface area contributed by atoms with Crippen molar-refractivity contribution in [1.82, 2.24) is 4.90 Å². The maximum atomic E-state index is 12.3. The fourth-order valence-corrected chi connectivity index (χ4v) is 2.99. The van der Waals surface area contributed by atoms with Crippen molar-refractivity contribution < 1.29 is 28.8 Å². The first-order chi connectivity index (χ1) is 12.2. The van der Waals surface area contributed by atoms with Crippen LogP contribution < -0.4 is 4.74 Å². The molecule has 0 N–H and O–H groups in total. The van der Waals surface area contributed by atoms with E-state index in [2.05, 4.69) is 0 Å². The maximum absolute atomic E-state index is 12.3. The third-order valence-corrected chi connectivity index (χ3v) is 4.13. The van der Waals surface area contributed by atoms with E-state index in [9.17, 15) is 24.5 Å². The molecule has 1 aromatic carbocycles. The molecule has 0 spiro atoms. The number of amides is 2. The van der Waals surface area contributed by atoms with Crippen LogP contribution in [0.25, 0.3) is 6.08 Å². The van der Waals surface area contributed by atoms with E-state index in [-0.39, 0.29) is 22.4 Å². The summed E-state index contributed by atoms with van der Waals surface area (Å²) in [5.41, 5.74) is 0.0914. The highest BCUT2D eigenvalue weighted by Gasteiger charge is 2.36. The van der Waals surface area contributed by atoms with E-state index in [1.807, 2.05) is 0 Å². The molecule has 0 saturated carbocycles. The van der Waals surface area contributed by atoms with Crippen LogP contribution in [0.4, 0.5) is 10.5 Å². The number of nitro groups is 1. The number of methoxy groups -OCH3 is 1. The van der Waals surface area contributed by atoms with Gasteiger partial charge in [-0.3, -0.25) is 29.4 Å². The van der Waals surface area contributed by atoms with E-state index in [0.717, 1.165) is 4.90 Å². The van der Waals surface area contributed by atoms with Crippen molar-refractivity contribution in [1.29, 1.82) is 0 Å². The van der Waals surface area contributed by atoms with Crippen LogP contribution in [-0.2, 0) is 14.3 Å². The lowest BCUT2D eigenvalue weighted by Gasteiger charge is -2.13. The first-order valence-corrected chi connectivity index (χ1v) is 8.32. The minimum Gasteiger partial charge on any atom is -0.490 e. The molecule has 1 aliphatic rings. The largest absolute Gasteiger partial charge is 0.490 e. The molecule has 10 heteroatoms. The number of imide groups is 1. The smallest absolute Gasteiger partial charge is 0.326 e. The molecule has 2 rings (SSSR count). The van der Waals surface area contributed by atoms with E-state index < -0.39 is 28.6 Å². The van der Waals surface area contributed by atoms with Crippen LogP contribution in [0, 0.1) is 10.1 Å². The Hall–Kier alpha value is -2.88. The van der Waals surface area contributed by atoms with Crippen LogP contribution in [0.5, 0.6) is 5.75 Å². The lowest BCUT2D eigenvalue weighted by atomic mass is 10.1. The summed E-state index contributed by atoms with van der Waals surface area (Å²) < 4.78 is 9.84. The SMILES string of the molecule is COc1ccc(/C=C2\SC(=O)N(CC(=O)OC(C)C)C2=O)cc1[N+](=O)[O-]. The fourth-order valence-electron chi connectivity index (χ4n) is 2.16. The van der Waals surface area contributed by atoms with Crippen molar-refractivity contribution in [2.45, 2.75) is 20.0 Å². The van der Waals surface area contributed by atoms with Gasteiger partial charge in [-0.25, -0.2) is 0 Å². The van der Waals surface area contributed by atoms with E-state index >= 15 is 0 Å². The standard InChI is InChI=1S/C16H16N2O7S/c1-9(2)25-14(19)8-17-15(20)13(26-16(17)21)7-10-4-5-12(24-3)11(6-10)18(22)23/h4-7,9H,8H2,1-3H3/b13-7-. The van der Waals surface area contributed by atoms with Gasteiger partial charge >= 0.3 is 11.7 Å². The minimum absolute atomic E-state index is 0.0619. The minimum atomic E-state index is -0.691. The number of carbonyl (C=O) groups is 3. The van der Waals surface area contributed by atoms with Gasteiger partial charge in [0, 0.05) is 6.07 Å². The van der Waals surface area contributed by atoms with Gasteiger partial charge in [0.05, 0.1) is 23.0 Å². The quantitative estimate of drug-likeness (QED) is 0.320. The van der Waals surface area contributed by atoms with Crippen LogP contribution in [0.2, 0.25) is 0 Å². The highest BCUT2D eigenvalue weighted by Crippen LogP contribution is 2.34. The number of ether oxygens (including phenoxy) is 2. The molecule has 1 heterocycles. The van der Waals surface area contributed by atoms with Gasteiger partial charge in [-0.2, -0.15) is 0 Å². The predicted molar refractivity (Wildman–Crippen MR) is 93.6 cm³/mol. The van der Waals surface area contributed by atoms with Gasteiger partial charge < -0.3 is 9.47 Å². The number of carbonyl (C=O) groups excluding carboxylic acids is 3. The zero-order valence-corrected chi connectivity index (χ0v) is 15.1. The van der Waals surface area contributed by atoms with Gasteiger partial charge in [0.15, 0.2) is 5.75 Å². The number of nitro benzene ring substituents is 1. The zero-order valence-electron chi connectivity index (χ0n) is 14.3. The fraction of sp³-hybridized carbons (Fsp3) is 0.312. The molecule has 0 unspecified atom stereocenters. The predicted octanol–water partition coefficient (Wildman–Crippen LogP) is 2.59. The third kappa shape index (κ3) is 4.39. The Morgan fingerprint density at radius 2 is 2.08 bits per heavy atom. The second-order valence-corrected chi connectivity index (χ2v) is 6.49. The number of rotatable bonds is 6. The molecule has 0 bridgehead atoms. The number of benzene rings is 1. The van der Waals surface area contributed by atoms with E-state index in [1.54, 1.807) is 13.8 Å². The average Bonchev–Trinajstić information content (AvgIpc) is 2.81. The van der Waals surface area contributed by atoms with Crippen LogP contribution in [0.15, 0.2) is 23.1 Å². The molecule has 138 valence electrons. The van der Waals surface area contributed by atoms with Crippen molar-refractivity contribution in [3.05, 3.63) is 38.8 Å². The molecule has 1 aliphatic heterocycles. The van der Waals surface area contributed by atoms with Crippen LogP contribution in [0.1, 0.15) is 19.4 Å². The molecule has 0 radical (unpaired) electrons. The van der Waals surface area contributed by atoms with Gasteiger partial charge in [-0.1, -0.05) is 6.07 Å². The molecule has 0 aliphatic carbocycles. The van der Waals surface area contributed by atoms with E-state index in [1.165, 1.54) is 31.4 Å². The topological polar surface area (TPSA) is 116 Å². The zero-order chi connectivity index (χ0) is 19.4. The summed E-state index contributed by atoms with van der Waals surface area (Å²) in [7, 11) is 1.31. The van der Waals surface area contributed by atoms with Crippen LogP contribution >= 0.6 is 11.8 Å². The normalized spacial score (nSPS) is 15.7. The van der Waals surface area contributed by atoms with E-state index in [4.69, 9.17) is 9.47 Å². The summed E-state index contributed by atoms with van der Waals surface area (Å²) in [4.78, 5) is 47.3. The Kier molecular flexibility index (Phi) is 5.98. The molecular formula is C16H16N2O7S. The number of nitrogens with zero attached hydrogens (tertiary/aromatic N) is 2. The first-order valence-electron chi connectivity index (χ1n) is 7.50. The Morgan fingerprint density at radius 1 is 1.38 bits per heavy atom. The second kappa shape index (κ2) is 8.00. The summed E-state index contributed by atoms with van der Waals surface area (Å²) in [6.45, 7) is 2.83. The van der Waals surface area contributed by atoms with Gasteiger partial charge in [0.2, 0.25) is 0 Å². The first kappa shape index (κ1) is 19.4. The van der Waals surface area contributed by atoms with E-state index in [0.29, 0.717) is 17.3 Å². The summed E-state index contributed by atoms with van der Waals surface area (Å²) in [6.07, 6.45) is 0.989. The van der Waals surface area contributed by atoms with Crippen LogP contribution in [-0.4, -0.2) is 46.7 Å². The monoisotopic (exact) mass is 380 g/mol. The van der Waals surface area contributed by atoms with Gasteiger partial charge in [0.25, 0.3) is 11.1 Å². The molecule has 1 aromatic rings. The maximum Gasteiger partial charge on any atom is 0.326 e. The highest BCUT2D eigenvalue weighted by atomic mass is 32.2. The van der Waals surface area contributed by atoms with Crippen molar-refractivity contribution in [2.24, 2.45) is 0 Å². The van der Waals surface area contributed by atoms with Gasteiger partial charge in [-0.05, 0) is 43.3 Å². The molecule has 1 fully saturated rings. The van der Waals surface area contributed by atoms with Crippen LogP contribution in [0.3, 0.4) is 0 Å². The van der Waals surface area contributed by atoms with Gasteiger partial charge in [-0.15, -0.1) is 0 Å². The summed E-state index contributed by atoms with van der Waals surface area (Å²) in [5, 5.41) is 10.5. The van der Waals surface area contributed by atoms with Gasteiger partial charge in [0.1, 0.15) is 6.54 Å². The van der Waals surface area contributed by atoms with Crippen molar-refractivity contribution in [2.75, 3.05) is 13.7 Å². The Balaban J connectivity index is 2.23. The molecule has 0 atom stereocenters. The lowest BCUT2D eigenvalue weighted by Crippen LogP contribution is -2.35. The number of hydrogen-bond donors (Lipinski definition) is 0. The second-order valence-electron chi connectivity index (χ2n) is 5.49. The summed E-state index contributed by atoms with van der Waals surface area (Å²) in [5.74, 6) is -1.26. The molecular weight excluding hydrogens is 364 g/mol. The number of hydrogen-bond acceptors (Lipinski definition) is 8. The third-order valence-electron chi connectivity index (χ3n) is 3.23. The number of esters is 1. The van der Waals surface area contributed by atoms with Crippen molar-refractivity contribution >= 4 is 40.6 Å². The summed E-state index contributed by atoms with van der Waals surface area (Å²) >= 11 is 0.651.